The van der Waals surface area contributed by atoms with Crippen LogP contribution in [0.5, 0.6) is 0 Å². The Kier molecular flexibility index (Phi) is 5.92. The topological polar surface area (TPSA) is 126 Å². The molecule has 0 bridgehead atoms. The lowest BCUT2D eigenvalue weighted by atomic mass is 9.90. The van der Waals surface area contributed by atoms with Gasteiger partial charge in [-0.15, -0.1) is 0 Å². The molecular weight excluding hydrogens is 434 g/mol. The van der Waals surface area contributed by atoms with Crippen molar-refractivity contribution in [2.75, 3.05) is 26.5 Å². The number of imidazole rings is 1. The lowest BCUT2D eigenvalue weighted by molar-refractivity contribution is 0.0950. The van der Waals surface area contributed by atoms with Gasteiger partial charge in [0.1, 0.15) is 5.82 Å². The maximum Gasteiger partial charge on any atom is 0.409 e. The quantitative estimate of drug-likeness (QED) is 0.601. The van der Waals surface area contributed by atoms with Crippen molar-refractivity contribution in [1.82, 2.24) is 24.2 Å². The number of hydrogen-bond acceptors (Lipinski definition) is 6. The van der Waals surface area contributed by atoms with Gasteiger partial charge in [0, 0.05) is 31.4 Å². The number of piperidine rings is 1. The summed E-state index contributed by atoms with van der Waals surface area (Å²) in [5.41, 5.74) is 3.00. The molecule has 4 rings (SSSR count). The van der Waals surface area contributed by atoms with E-state index in [4.69, 9.17) is 4.74 Å². The van der Waals surface area contributed by atoms with Crippen molar-refractivity contribution in [2.45, 2.75) is 25.3 Å². The molecule has 11 heteroatoms. The molecule has 32 heavy (non-hydrogen) atoms. The Morgan fingerprint density at radius 1 is 1.31 bits per heavy atom. The number of hydrogen-bond donors (Lipinski definition) is 2. The summed E-state index contributed by atoms with van der Waals surface area (Å²) >= 11 is 0. The second kappa shape index (κ2) is 8.65. The van der Waals surface area contributed by atoms with Gasteiger partial charge in [-0.1, -0.05) is 6.07 Å². The fourth-order valence-corrected chi connectivity index (χ4v) is 4.53. The van der Waals surface area contributed by atoms with Crippen LogP contribution < -0.4 is 5.32 Å². The van der Waals surface area contributed by atoms with Crippen LogP contribution in [0.15, 0.2) is 36.7 Å². The first kappa shape index (κ1) is 21.9. The molecule has 1 atom stereocenters. The van der Waals surface area contributed by atoms with Crippen LogP contribution in [0.4, 0.5) is 4.79 Å². The number of nitrogens with zero attached hydrogens (tertiary/aromatic N) is 3. The van der Waals surface area contributed by atoms with Gasteiger partial charge in [0.05, 0.1) is 36.5 Å². The molecule has 10 nitrogen and oxygen atoms in total. The fraction of sp³-hybridized carbons (Fsp3) is 0.381. The van der Waals surface area contributed by atoms with Crippen LogP contribution in [0.2, 0.25) is 0 Å². The summed E-state index contributed by atoms with van der Waals surface area (Å²) in [6.07, 6.45) is 5.28. The number of benzene rings is 1. The number of likely N-dealkylation sites (tertiary alicyclic amines) is 1. The highest BCUT2D eigenvalue weighted by Gasteiger charge is 2.25. The number of aromatic nitrogens is 3. The largest absolute Gasteiger partial charge is 0.453 e. The van der Waals surface area contributed by atoms with Crippen LogP contribution in [0.1, 0.15) is 40.5 Å². The standard InChI is InChI=1S/C21H25N5O5S/c1-31-21(28)25-8-3-4-15(12-25)14-5-6-17-18(10-14)24-19(23-17)11-22-20(27)16-7-9-26(13-16)32(2,29)30/h5-7,9-10,13,15H,3-4,8,11-12H2,1-2H3,(H,22,27)(H,23,24)/t15-/m1/s1. The number of rotatable bonds is 5. The van der Waals surface area contributed by atoms with Gasteiger partial charge >= 0.3 is 6.09 Å². The van der Waals surface area contributed by atoms with E-state index in [1.807, 2.05) is 18.2 Å². The lowest BCUT2D eigenvalue weighted by Gasteiger charge is -2.31. The Morgan fingerprint density at radius 3 is 2.84 bits per heavy atom. The van der Waals surface area contributed by atoms with E-state index in [-0.39, 0.29) is 24.1 Å². The third-order valence-corrected chi connectivity index (χ3v) is 6.60. The van der Waals surface area contributed by atoms with E-state index in [1.165, 1.54) is 25.6 Å². The van der Waals surface area contributed by atoms with Gasteiger partial charge in [0.2, 0.25) is 10.0 Å². The normalized spacial score (nSPS) is 16.8. The number of methoxy groups -OCH3 is 1. The molecule has 3 aromatic rings. The SMILES string of the molecule is COC(=O)N1CCC[C@@H](c2ccc3nc(CNC(=O)c4ccn(S(C)(=O)=O)c4)[nH]c3c2)C1. The number of amides is 2. The first-order valence-corrected chi connectivity index (χ1v) is 12.1. The molecule has 1 aromatic carbocycles. The summed E-state index contributed by atoms with van der Waals surface area (Å²) in [5.74, 6) is 0.420. The third-order valence-electron chi connectivity index (χ3n) is 5.61. The van der Waals surface area contributed by atoms with Crippen LogP contribution >= 0.6 is 0 Å². The summed E-state index contributed by atoms with van der Waals surface area (Å²) in [6, 6.07) is 7.43. The van der Waals surface area contributed by atoms with Crippen LogP contribution in [0.3, 0.4) is 0 Å². The summed E-state index contributed by atoms with van der Waals surface area (Å²) in [5, 5.41) is 2.74. The molecule has 0 radical (unpaired) electrons. The first-order valence-electron chi connectivity index (χ1n) is 10.2. The van der Waals surface area contributed by atoms with Crippen molar-refractivity contribution in [1.29, 1.82) is 0 Å². The van der Waals surface area contributed by atoms with E-state index in [9.17, 15) is 18.0 Å². The van der Waals surface area contributed by atoms with Crippen molar-refractivity contribution in [3.8, 4) is 0 Å². The lowest BCUT2D eigenvalue weighted by Crippen LogP contribution is -2.38. The molecule has 0 aliphatic carbocycles. The number of aromatic amines is 1. The van der Waals surface area contributed by atoms with Crippen molar-refractivity contribution in [3.63, 3.8) is 0 Å². The van der Waals surface area contributed by atoms with Crippen molar-refractivity contribution < 1.29 is 22.7 Å². The van der Waals surface area contributed by atoms with Crippen LogP contribution in [0.25, 0.3) is 11.0 Å². The molecule has 0 saturated carbocycles. The Labute approximate surface area is 185 Å². The molecule has 3 heterocycles. The summed E-state index contributed by atoms with van der Waals surface area (Å²) < 4.78 is 28.9. The molecule has 1 saturated heterocycles. The number of fused-ring (bicyclic) bond motifs is 1. The summed E-state index contributed by atoms with van der Waals surface area (Å²) in [4.78, 5) is 33.7. The highest BCUT2D eigenvalue weighted by molar-refractivity contribution is 7.89. The number of ether oxygens (including phenoxy) is 1. The van der Waals surface area contributed by atoms with E-state index in [2.05, 4.69) is 15.3 Å². The third kappa shape index (κ3) is 4.62. The maximum absolute atomic E-state index is 12.3. The Hall–Kier alpha value is -3.34. The van der Waals surface area contributed by atoms with E-state index in [0.29, 0.717) is 18.9 Å². The molecule has 1 aliphatic rings. The molecule has 2 amide bonds. The van der Waals surface area contributed by atoms with Gasteiger partial charge in [-0.05, 0) is 36.6 Å². The van der Waals surface area contributed by atoms with Gasteiger partial charge in [0.25, 0.3) is 5.91 Å². The number of H-pyrrole nitrogens is 1. The molecule has 0 spiro atoms. The smallest absolute Gasteiger partial charge is 0.409 e. The van der Waals surface area contributed by atoms with Crippen LogP contribution in [0, 0.1) is 0 Å². The highest BCUT2D eigenvalue weighted by Crippen LogP contribution is 2.29. The maximum atomic E-state index is 12.3. The number of nitrogens with one attached hydrogen (secondary N) is 2. The first-order chi connectivity index (χ1) is 15.2. The Balaban J connectivity index is 1.43. The summed E-state index contributed by atoms with van der Waals surface area (Å²) in [6.45, 7) is 1.49. The van der Waals surface area contributed by atoms with Gasteiger partial charge in [0.15, 0.2) is 0 Å². The predicted molar refractivity (Wildman–Crippen MR) is 118 cm³/mol. The zero-order valence-electron chi connectivity index (χ0n) is 17.9. The van der Waals surface area contributed by atoms with Gasteiger partial charge in [-0.2, -0.15) is 0 Å². The zero-order chi connectivity index (χ0) is 22.9. The molecule has 1 fully saturated rings. The van der Waals surface area contributed by atoms with E-state index < -0.39 is 15.9 Å². The average Bonchev–Trinajstić information content (AvgIpc) is 3.43. The summed E-state index contributed by atoms with van der Waals surface area (Å²) in [7, 11) is -2.04. The fourth-order valence-electron chi connectivity index (χ4n) is 3.95. The minimum absolute atomic E-state index is 0.173. The van der Waals surface area contributed by atoms with Gasteiger partial charge in [-0.3, -0.25) is 8.77 Å². The molecule has 2 N–H and O–H groups in total. The predicted octanol–water partition coefficient (Wildman–Crippen LogP) is 2.05. The second-order valence-electron chi connectivity index (χ2n) is 7.89. The van der Waals surface area contributed by atoms with E-state index >= 15 is 0 Å². The van der Waals surface area contributed by atoms with Crippen LogP contribution in [-0.4, -0.2) is 65.7 Å². The van der Waals surface area contributed by atoms with E-state index in [0.717, 1.165) is 39.7 Å². The monoisotopic (exact) mass is 459 g/mol. The number of carbonyl (C=O) groups is 2. The molecule has 2 aromatic heterocycles. The average molecular weight is 460 g/mol. The molecule has 0 unspecified atom stereocenters. The van der Waals surface area contributed by atoms with Gasteiger partial charge < -0.3 is 19.9 Å². The second-order valence-corrected chi connectivity index (χ2v) is 9.78. The highest BCUT2D eigenvalue weighted by atomic mass is 32.2. The van der Waals surface area contributed by atoms with Crippen molar-refractivity contribution in [3.05, 3.63) is 53.6 Å². The Morgan fingerprint density at radius 2 is 2.12 bits per heavy atom. The zero-order valence-corrected chi connectivity index (χ0v) is 18.7. The Bertz CT molecular complexity index is 1260. The van der Waals surface area contributed by atoms with E-state index in [1.54, 1.807) is 4.90 Å². The minimum Gasteiger partial charge on any atom is -0.453 e. The van der Waals surface area contributed by atoms with Gasteiger partial charge in [-0.25, -0.2) is 18.2 Å². The van der Waals surface area contributed by atoms with Crippen molar-refractivity contribution in [2.24, 2.45) is 0 Å². The molecule has 170 valence electrons. The molecule has 1 aliphatic heterocycles. The van der Waals surface area contributed by atoms with Crippen LogP contribution in [-0.2, 0) is 21.3 Å². The minimum atomic E-state index is -3.43. The number of carbonyl (C=O) groups excluding carboxylic acids is 2. The molecular formula is C21H25N5O5S. The van der Waals surface area contributed by atoms with Crippen molar-refractivity contribution >= 4 is 33.1 Å².